The number of para-hydroxylation sites is 1. The summed E-state index contributed by atoms with van der Waals surface area (Å²) in [6.45, 7) is 1.75. The van der Waals surface area contributed by atoms with E-state index in [1.54, 1.807) is 19.1 Å². The summed E-state index contributed by atoms with van der Waals surface area (Å²) < 4.78 is 17.7. The molecule has 15 heavy (non-hydrogen) atoms. The molecule has 0 bridgehead atoms. The first-order valence-electron chi connectivity index (χ1n) is 4.40. The summed E-state index contributed by atoms with van der Waals surface area (Å²) in [5.41, 5.74) is -1.81. The minimum absolute atomic E-state index is 0.0468. The lowest BCUT2D eigenvalue weighted by molar-refractivity contribution is -0.145. The Bertz CT molecular complexity index is 343. The van der Waals surface area contributed by atoms with Crippen LogP contribution in [0.25, 0.3) is 0 Å². The molecular formula is C10H11FO3S. The van der Waals surface area contributed by atoms with Gasteiger partial charge < -0.3 is 9.84 Å². The normalized spacial score (nSPS) is 12.1. The molecule has 0 fully saturated rings. The predicted molar refractivity (Wildman–Crippen MR) is 55.5 cm³/mol. The number of phenols is 1. The van der Waals surface area contributed by atoms with E-state index in [4.69, 9.17) is 0 Å². The van der Waals surface area contributed by atoms with Crippen LogP contribution in [0.1, 0.15) is 6.92 Å². The molecule has 1 unspecified atom stereocenters. The number of phenolic OH excluding ortho intramolecular Hbond substituents is 1. The maximum atomic E-state index is 13.2. The molecule has 1 aromatic carbocycles. The van der Waals surface area contributed by atoms with Crippen molar-refractivity contribution < 1.29 is 19.0 Å². The van der Waals surface area contributed by atoms with Gasteiger partial charge in [0.25, 0.3) is 0 Å². The maximum Gasteiger partial charge on any atom is 0.351 e. The standard InChI is InChI=1S/C10H11FO3S/c1-2-14-10(13)9(11)15-8-6-4-3-5-7(8)12/h3-6,9,12H,2H2,1H3. The van der Waals surface area contributed by atoms with Crippen molar-refractivity contribution >= 4 is 17.7 Å². The second-order valence-corrected chi connectivity index (χ2v) is 3.74. The molecule has 0 spiro atoms. The number of hydrogen-bond donors (Lipinski definition) is 1. The van der Waals surface area contributed by atoms with E-state index >= 15 is 0 Å². The highest BCUT2D eigenvalue weighted by Gasteiger charge is 2.20. The Morgan fingerprint density at radius 3 is 2.87 bits per heavy atom. The monoisotopic (exact) mass is 230 g/mol. The molecule has 5 heteroatoms. The third-order valence-electron chi connectivity index (χ3n) is 1.57. The van der Waals surface area contributed by atoms with Gasteiger partial charge in [0, 0.05) is 0 Å². The van der Waals surface area contributed by atoms with Crippen LogP contribution in [0, 0.1) is 0 Å². The van der Waals surface area contributed by atoms with E-state index in [0.29, 0.717) is 16.7 Å². The summed E-state index contributed by atoms with van der Waals surface area (Å²) in [7, 11) is 0. The molecule has 0 heterocycles. The van der Waals surface area contributed by atoms with Crippen LogP contribution in [0.5, 0.6) is 5.75 Å². The van der Waals surface area contributed by atoms with Gasteiger partial charge in [-0.1, -0.05) is 23.9 Å². The van der Waals surface area contributed by atoms with E-state index in [-0.39, 0.29) is 12.4 Å². The van der Waals surface area contributed by atoms with Crippen LogP contribution in [0.2, 0.25) is 0 Å². The largest absolute Gasteiger partial charge is 0.507 e. The smallest absolute Gasteiger partial charge is 0.351 e. The summed E-state index contributed by atoms with van der Waals surface area (Å²) in [4.78, 5) is 11.3. The summed E-state index contributed by atoms with van der Waals surface area (Å²) in [5, 5.41) is 9.33. The average molecular weight is 230 g/mol. The Morgan fingerprint density at radius 2 is 2.27 bits per heavy atom. The number of esters is 1. The first-order chi connectivity index (χ1) is 7.15. The van der Waals surface area contributed by atoms with E-state index in [2.05, 4.69) is 4.74 Å². The third-order valence-corrected chi connectivity index (χ3v) is 2.57. The molecule has 1 aromatic rings. The zero-order valence-electron chi connectivity index (χ0n) is 8.14. The van der Waals surface area contributed by atoms with Crippen molar-refractivity contribution in [2.45, 2.75) is 17.3 Å². The van der Waals surface area contributed by atoms with Crippen LogP contribution < -0.4 is 0 Å². The number of rotatable bonds is 4. The molecule has 0 amide bonds. The number of hydrogen-bond acceptors (Lipinski definition) is 4. The van der Waals surface area contributed by atoms with Crippen molar-refractivity contribution in [2.24, 2.45) is 0 Å². The lowest BCUT2D eigenvalue weighted by Crippen LogP contribution is -2.15. The van der Waals surface area contributed by atoms with Crippen LogP contribution in [-0.4, -0.2) is 23.2 Å². The molecule has 0 aliphatic heterocycles. The number of carbonyl (C=O) groups excluding carboxylic acids is 1. The summed E-state index contributed by atoms with van der Waals surface area (Å²) in [5.74, 6) is -0.972. The molecule has 0 saturated carbocycles. The number of aromatic hydroxyl groups is 1. The number of halogens is 1. The number of benzene rings is 1. The van der Waals surface area contributed by atoms with Crippen LogP contribution in [0.4, 0.5) is 4.39 Å². The Morgan fingerprint density at radius 1 is 1.60 bits per heavy atom. The summed E-state index contributed by atoms with van der Waals surface area (Å²) >= 11 is 0.627. The Kier molecular flexibility index (Phi) is 4.42. The second kappa shape index (κ2) is 5.60. The van der Waals surface area contributed by atoms with Gasteiger partial charge in [-0.25, -0.2) is 9.18 Å². The van der Waals surface area contributed by atoms with E-state index in [9.17, 15) is 14.3 Å². The molecule has 82 valence electrons. The Labute approximate surface area is 91.2 Å². The fourth-order valence-electron chi connectivity index (χ4n) is 0.924. The van der Waals surface area contributed by atoms with E-state index < -0.39 is 11.5 Å². The minimum atomic E-state index is -1.81. The Balaban J connectivity index is 2.62. The van der Waals surface area contributed by atoms with Crippen molar-refractivity contribution in [3.8, 4) is 5.75 Å². The topological polar surface area (TPSA) is 46.5 Å². The van der Waals surface area contributed by atoms with Gasteiger partial charge in [-0.3, -0.25) is 0 Å². The van der Waals surface area contributed by atoms with Gasteiger partial charge in [-0.15, -0.1) is 0 Å². The number of alkyl halides is 1. The highest BCUT2D eigenvalue weighted by molar-refractivity contribution is 8.00. The molecule has 3 nitrogen and oxygen atoms in total. The van der Waals surface area contributed by atoms with Crippen molar-refractivity contribution in [2.75, 3.05) is 6.61 Å². The molecule has 0 aliphatic rings. The molecule has 1 atom stereocenters. The van der Waals surface area contributed by atoms with E-state index in [1.165, 1.54) is 12.1 Å². The van der Waals surface area contributed by atoms with Gasteiger partial charge >= 0.3 is 5.97 Å². The van der Waals surface area contributed by atoms with Crippen LogP contribution >= 0.6 is 11.8 Å². The summed E-state index contributed by atoms with van der Waals surface area (Å²) in [6, 6.07) is 6.24. The molecule has 1 N–H and O–H groups in total. The van der Waals surface area contributed by atoms with Crippen molar-refractivity contribution in [1.29, 1.82) is 0 Å². The lowest BCUT2D eigenvalue weighted by Gasteiger charge is -2.07. The van der Waals surface area contributed by atoms with Gasteiger partial charge in [0.1, 0.15) is 5.75 Å². The van der Waals surface area contributed by atoms with E-state index in [1.807, 2.05) is 0 Å². The van der Waals surface area contributed by atoms with Crippen LogP contribution in [0.15, 0.2) is 29.2 Å². The predicted octanol–water partition coefficient (Wildman–Crippen LogP) is 2.34. The molecule has 1 rings (SSSR count). The van der Waals surface area contributed by atoms with Crippen molar-refractivity contribution in [3.05, 3.63) is 24.3 Å². The zero-order valence-corrected chi connectivity index (χ0v) is 8.96. The van der Waals surface area contributed by atoms with Gasteiger partial charge in [0.2, 0.25) is 5.50 Å². The zero-order chi connectivity index (χ0) is 11.3. The fraction of sp³-hybridized carbons (Fsp3) is 0.300. The Hall–Kier alpha value is -1.23. The van der Waals surface area contributed by atoms with Crippen LogP contribution in [-0.2, 0) is 9.53 Å². The average Bonchev–Trinajstić information content (AvgIpc) is 2.21. The quantitative estimate of drug-likeness (QED) is 0.637. The minimum Gasteiger partial charge on any atom is -0.507 e. The van der Waals surface area contributed by atoms with Gasteiger partial charge in [0.05, 0.1) is 11.5 Å². The third kappa shape index (κ3) is 3.43. The second-order valence-electron chi connectivity index (χ2n) is 2.65. The molecule has 0 aliphatic carbocycles. The molecule has 0 aromatic heterocycles. The fourth-order valence-corrected chi connectivity index (χ4v) is 1.66. The molecule has 0 radical (unpaired) electrons. The van der Waals surface area contributed by atoms with Gasteiger partial charge in [-0.2, -0.15) is 0 Å². The molecular weight excluding hydrogens is 219 g/mol. The molecule has 0 saturated heterocycles. The number of ether oxygens (including phenoxy) is 1. The number of carbonyl (C=O) groups is 1. The van der Waals surface area contributed by atoms with Crippen LogP contribution in [0.3, 0.4) is 0 Å². The first-order valence-corrected chi connectivity index (χ1v) is 5.28. The van der Waals surface area contributed by atoms with Crippen molar-refractivity contribution in [3.63, 3.8) is 0 Å². The highest BCUT2D eigenvalue weighted by Crippen LogP contribution is 2.32. The SMILES string of the molecule is CCOC(=O)C(F)Sc1ccccc1O. The number of thioether (sulfide) groups is 1. The van der Waals surface area contributed by atoms with Gasteiger partial charge in [0.15, 0.2) is 0 Å². The highest BCUT2D eigenvalue weighted by atomic mass is 32.2. The lowest BCUT2D eigenvalue weighted by atomic mass is 10.3. The summed E-state index contributed by atoms with van der Waals surface area (Å²) in [6.07, 6.45) is 0. The van der Waals surface area contributed by atoms with Gasteiger partial charge in [-0.05, 0) is 19.1 Å². The first kappa shape index (κ1) is 11.8. The maximum absolute atomic E-state index is 13.2. The van der Waals surface area contributed by atoms with Crippen molar-refractivity contribution in [1.82, 2.24) is 0 Å². The van der Waals surface area contributed by atoms with E-state index in [0.717, 1.165) is 0 Å².